The molecule has 1 saturated carbocycles. The van der Waals surface area contributed by atoms with Crippen LogP contribution in [0.4, 0.5) is 0 Å². The molecule has 0 radical (unpaired) electrons. The Bertz CT molecular complexity index is 679. The second-order valence-corrected chi connectivity index (χ2v) is 6.35. The van der Waals surface area contributed by atoms with Crippen LogP contribution < -0.4 is 5.32 Å². The summed E-state index contributed by atoms with van der Waals surface area (Å²) in [7, 11) is 0. The van der Waals surface area contributed by atoms with Crippen molar-refractivity contribution in [3.63, 3.8) is 0 Å². The molecular weight excluding hydrogens is 318 g/mol. The van der Waals surface area contributed by atoms with Crippen LogP contribution in [0.5, 0.6) is 0 Å². The van der Waals surface area contributed by atoms with Crippen LogP contribution in [-0.4, -0.2) is 34.2 Å². The number of ether oxygens (including phenoxy) is 1. The zero-order chi connectivity index (χ0) is 16.2. The Morgan fingerprint density at radius 1 is 1.52 bits per heavy atom. The average Bonchev–Trinajstić information content (AvgIpc) is 3.03. The van der Waals surface area contributed by atoms with Crippen molar-refractivity contribution in [2.24, 2.45) is 0 Å². The van der Waals surface area contributed by atoms with E-state index in [-0.39, 0.29) is 24.8 Å². The van der Waals surface area contributed by atoms with Crippen molar-refractivity contribution in [2.45, 2.75) is 44.8 Å². The Morgan fingerprint density at radius 2 is 2.35 bits per heavy atom. The van der Waals surface area contributed by atoms with Gasteiger partial charge in [0, 0.05) is 12.5 Å². The highest BCUT2D eigenvalue weighted by atomic mass is 32.1. The van der Waals surface area contributed by atoms with Crippen LogP contribution in [0, 0.1) is 0 Å². The third kappa shape index (κ3) is 4.38. The SMILES string of the molecule is C[C@H](OC(=O)CCc1nc(-c2cccs2)no1)C(=O)NC1CC1. The second kappa shape index (κ2) is 6.91. The summed E-state index contributed by atoms with van der Waals surface area (Å²) in [6.07, 6.45) is 1.58. The monoisotopic (exact) mass is 335 g/mol. The lowest BCUT2D eigenvalue weighted by Gasteiger charge is -2.12. The number of esters is 1. The number of rotatable bonds is 7. The number of hydrogen-bond acceptors (Lipinski definition) is 7. The van der Waals surface area contributed by atoms with Crippen molar-refractivity contribution in [2.75, 3.05) is 0 Å². The molecule has 1 atom stereocenters. The number of aryl methyl sites for hydroxylation is 1. The van der Waals surface area contributed by atoms with Gasteiger partial charge in [-0.05, 0) is 31.2 Å². The summed E-state index contributed by atoms with van der Waals surface area (Å²) in [4.78, 5) is 28.6. The van der Waals surface area contributed by atoms with E-state index in [4.69, 9.17) is 9.26 Å². The quantitative estimate of drug-likeness (QED) is 0.777. The van der Waals surface area contributed by atoms with Gasteiger partial charge in [-0.2, -0.15) is 4.98 Å². The van der Waals surface area contributed by atoms with Gasteiger partial charge in [-0.1, -0.05) is 11.2 Å². The van der Waals surface area contributed by atoms with E-state index in [1.807, 2.05) is 17.5 Å². The van der Waals surface area contributed by atoms with E-state index in [2.05, 4.69) is 15.5 Å². The Kier molecular flexibility index (Phi) is 4.71. The van der Waals surface area contributed by atoms with E-state index in [1.54, 1.807) is 6.92 Å². The first-order valence-electron chi connectivity index (χ1n) is 7.48. The first-order valence-corrected chi connectivity index (χ1v) is 8.36. The fraction of sp³-hybridized carbons (Fsp3) is 0.467. The second-order valence-electron chi connectivity index (χ2n) is 5.40. The molecule has 7 nitrogen and oxygen atoms in total. The molecule has 1 N–H and O–H groups in total. The topological polar surface area (TPSA) is 94.3 Å². The number of nitrogens with zero attached hydrogens (tertiary/aromatic N) is 2. The molecule has 0 aliphatic heterocycles. The van der Waals surface area contributed by atoms with Crippen LogP contribution in [-0.2, 0) is 20.7 Å². The van der Waals surface area contributed by atoms with Crippen LogP contribution >= 0.6 is 11.3 Å². The van der Waals surface area contributed by atoms with Crippen molar-refractivity contribution in [1.82, 2.24) is 15.5 Å². The maximum atomic E-state index is 11.8. The van der Waals surface area contributed by atoms with Crippen molar-refractivity contribution in [1.29, 1.82) is 0 Å². The standard InChI is InChI=1S/C15H17N3O4S/c1-9(15(20)16-10-4-5-10)21-13(19)7-6-12-17-14(18-22-12)11-3-2-8-23-11/h2-3,8-10H,4-7H2,1H3,(H,16,20)/t9-/m0/s1. The van der Waals surface area contributed by atoms with Gasteiger partial charge < -0.3 is 14.6 Å². The molecule has 0 aromatic carbocycles. The number of hydrogen-bond donors (Lipinski definition) is 1. The summed E-state index contributed by atoms with van der Waals surface area (Å²) in [6.45, 7) is 1.57. The maximum absolute atomic E-state index is 11.8. The fourth-order valence-corrected chi connectivity index (χ4v) is 2.58. The molecule has 2 aromatic rings. The molecule has 1 aliphatic rings. The minimum absolute atomic E-state index is 0.0904. The van der Waals surface area contributed by atoms with E-state index in [9.17, 15) is 9.59 Å². The Balaban J connectivity index is 1.44. The molecule has 3 rings (SSSR count). The Hall–Kier alpha value is -2.22. The van der Waals surface area contributed by atoms with E-state index >= 15 is 0 Å². The number of amides is 1. The number of carbonyl (C=O) groups excluding carboxylic acids is 2. The molecular formula is C15H17N3O4S. The van der Waals surface area contributed by atoms with E-state index in [0.29, 0.717) is 11.7 Å². The lowest BCUT2D eigenvalue weighted by molar-refractivity contribution is -0.154. The van der Waals surface area contributed by atoms with Crippen LogP contribution in [0.25, 0.3) is 10.7 Å². The molecule has 1 amide bonds. The first-order chi connectivity index (χ1) is 11.1. The molecule has 0 spiro atoms. The van der Waals surface area contributed by atoms with Gasteiger partial charge in [0.2, 0.25) is 11.7 Å². The summed E-state index contributed by atoms with van der Waals surface area (Å²) >= 11 is 1.51. The molecule has 1 fully saturated rings. The maximum Gasteiger partial charge on any atom is 0.307 e. The summed E-state index contributed by atoms with van der Waals surface area (Å²) in [6, 6.07) is 4.05. The van der Waals surface area contributed by atoms with Gasteiger partial charge in [0.05, 0.1) is 11.3 Å². The Labute approximate surface area is 137 Å². The fourth-order valence-electron chi connectivity index (χ4n) is 1.93. The molecule has 2 aromatic heterocycles. The molecule has 0 bridgehead atoms. The molecule has 8 heteroatoms. The highest BCUT2D eigenvalue weighted by molar-refractivity contribution is 7.13. The molecule has 0 unspecified atom stereocenters. The van der Waals surface area contributed by atoms with Gasteiger partial charge in [0.15, 0.2) is 6.10 Å². The summed E-state index contributed by atoms with van der Waals surface area (Å²) in [5.74, 6) is 0.180. The van der Waals surface area contributed by atoms with Crippen LogP contribution in [0.3, 0.4) is 0 Å². The predicted molar refractivity (Wildman–Crippen MR) is 82.7 cm³/mol. The van der Waals surface area contributed by atoms with Gasteiger partial charge in [-0.25, -0.2) is 0 Å². The van der Waals surface area contributed by atoms with Gasteiger partial charge in [0.25, 0.3) is 5.91 Å². The van der Waals surface area contributed by atoms with Crippen LogP contribution in [0.1, 0.15) is 32.1 Å². The van der Waals surface area contributed by atoms with E-state index < -0.39 is 12.1 Å². The van der Waals surface area contributed by atoms with Crippen LogP contribution in [0.15, 0.2) is 22.0 Å². The zero-order valence-corrected chi connectivity index (χ0v) is 13.5. The third-order valence-corrected chi connectivity index (χ3v) is 4.22. The van der Waals surface area contributed by atoms with Crippen molar-refractivity contribution < 1.29 is 18.8 Å². The molecule has 23 heavy (non-hydrogen) atoms. The first kappa shape index (κ1) is 15.7. The summed E-state index contributed by atoms with van der Waals surface area (Å²) in [5, 5.41) is 8.60. The van der Waals surface area contributed by atoms with E-state index in [0.717, 1.165) is 17.7 Å². The largest absolute Gasteiger partial charge is 0.453 e. The van der Waals surface area contributed by atoms with Crippen molar-refractivity contribution >= 4 is 23.2 Å². The normalized spacial score (nSPS) is 15.2. The minimum Gasteiger partial charge on any atom is -0.453 e. The van der Waals surface area contributed by atoms with Gasteiger partial charge in [-0.3, -0.25) is 9.59 Å². The molecule has 122 valence electrons. The minimum atomic E-state index is -0.785. The summed E-state index contributed by atoms with van der Waals surface area (Å²) < 4.78 is 10.2. The average molecular weight is 335 g/mol. The predicted octanol–water partition coefficient (Wildman–Crippen LogP) is 1.94. The van der Waals surface area contributed by atoms with Gasteiger partial charge in [-0.15, -0.1) is 11.3 Å². The third-order valence-electron chi connectivity index (χ3n) is 3.35. The smallest absolute Gasteiger partial charge is 0.307 e. The van der Waals surface area contributed by atoms with Crippen LogP contribution in [0.2, 0.25) is 0 Å². The number of nitrogens with one attached hydrogen (secondary N) is 1. The molecule has 2 heterocycles. The van der Waals surface area contributed by atoms with Crippen molar-refractivity contribution in [3.05, 3.63) is 23.4 Å². The molecule has 0 saturated heterocycles. The highest BCUT2D eigenvalue weighted by Gasteiger charge is 2.27. The van der Waals surface area contributed by atoms with Gasteiger partial charge >= 0.3 is 5.97 Å². The zero-order valence-electron chi connectivity index (χ0n) is 12.7. The lowest BCUT2D eigenvalue weighted by atomic mass is 10.3. The number of carbonyl (C=O) groups is 2. The van der Waals surface area contributed by atoms with Gasteiger partial charge in [0.1, 0.15) is 0 Å². The summed E-state index contributed by atoms with van der Waals surface area (Å²) in [5.41, 5.74) is 0. The number of aromatic nitrogens is 2. The molecule has 1 aliphatic carbocycles. The highest BCUT2D eigenvalue weighted by Crippen LogP contribution is 2.21. The lowest BCUT2D eigenvalue weighted by Crippen LogP contribution is -2.37. The van der Waals surface area contributed by atoms with E-state index in [1.165, 1.54) is 11.3 Å². The van der Waals surface area contributed by atoms with Crippen molar-refractivity contribution in [3.8, 4) is 10.7 Å². The Morgan fingerprint density at radius 3 is 3.04 bits per heavy atom. The number of thiophene rings is 1.